The van der Waals surface area contributed by atoms with Crippen molar-refractivity contribution in [3.05, 3.63) is 0 Å². The number of rotatable bonds is 10. The highest BCUT2D eigenvalue weighted by atomic mass is 28.4. The Morgan fingerprint density at radius 2 is 1.05 bits per heavy atom. The molecule has 8 heteroatoms. The monoisotopic (exact) mass is 354 g/mol. The third-order valence-corrected chi connectivity index (χ3v) is 10.6. The molecule has 0 amide bonds. The number of hydrogen-bond donors (Lipinski definition) is 2. The second-order valence-corrected chi connectivity index (χ2v) is 18.6. The zero-order valence-corrected chi connectivity index (χ0v) is 20.6. The van der Waals surface area contributed by atoms with E-state index in [0.29, 0.717) is 0 Å². The van der Waals surface area contributed by atoms with E-state index in [1.807, 2.05) is 0 Å². The van der Waals surface area contributed by atoms with Gasteiger partial charge in [-0.05, 0) is 64.2 Å². The minimum Gasteiger partial charge on any atom is -0.471 e. The summed E-state index contributed by atoms with van der Waals surface area (Å²) < 4.78 is 11.0. The Morgan fingerprint density at radius 3 is 1.30 bits per heavy atom. The maximum absolute atomic E-state index is 6.51. The molecular weight excluding hydrogens is 316 g/mol. The molecule has 0 atom stereocenters. The minimum absolute atomic E-state index is 0.807. The molecule has 0 aliphatic rings. The Morgan fingerprint density at radius 1 is 0.750 bits per heavy atom. The lowest BCUT2D eigenvalue weighted by Gasteiger charge is -2.34. The first-order chi connectivity index (χ1) is 9.24. The fraction of sp³-hybridized carbons (Fsp3) is 1.00. The summed E-state index contributed by atoms with van der Waals surface area (Å²) in [6, 6.07) is 2.50. The molecule has 4 nitrogen and oxygen atoms in total. The summed E-state index contributed by atoms with van der Waals surface area (Å²) in [5.74, 6) is 0. The normalized spacial score (nSPS) is 12.3. The van der Waals surface area contributed by atoms with Crippen molar-refractivity contribution in [2.24, 2.45) is 11.5 Å². The van der Waals surface area contributed by atoms with Crippen molar-refractivity contribution in [1.82, 2.24) is 0 Å². The van der Waals surface area contributed by atoms with Crippen LogP contribution in [0.1, 0.15) is 25.7 Å². The van der Waals surface area contributed by atoms with E-state index in [0.717, 1.165) is 46.9 Å². The van der Waals surface area contributed by atoms with Gasteiger partial charge in [-0.15, -0.1) is 0 Å². The van der Waals surface area contributed by atoms with E-state index in [1.165, 1.54) is 24.9 Å². The molecule has 4 N–H and O–H groups in total. The van der Waals surface area contributed by atoms with Gasteiger partial charge in [-0.25, -0.2) is 0 Å². The minimum atomic E-state index is -1.46. The first kappa shape index (κ1) is 23.0. The highest BCUT2D eigenvalue weighted by Crippen LogP contribution is 2.24. The summed E-state index contributed by atoms with van der Waals surface area (Å²) in [4.78, 5) is 0. The molecule has 0 heterocycles. The molecule has 0 aromatic heterocycles. The second kappa shape index (κ2) is 13.4. The van der Waals surface area contributed by atoms with Crippen LogP contribution in [0.25, 0.3) is 0 Å². The lowest BCUT2D eigenvalue weighted by atomic mass is 10.3. The van der Waals surface area contributed by atoms with Crippen molar-refractivity contribution < 1.29 is 8.23 Å². The average molecular weight is 355 g/mol. The fourth-order valence-electron chi connectivity index (χ4n) is 2.24. The Labute approximate surface area is 134 Å². The van der Waals surface area contributed by atoms with Gasteiger partial charge in [0.15, 0.2) is 16.6 Å². The van der Waals surface area contributed by atoms with Crippen LogP contribution in [0, 0.1) is 0 Å². The topological polar surface area (TPSA) is 70.5 Å². The molecule has 0 aromatic carbocycles. The highest BCUT2D eigenvalue weighted by molar-refractivity contribution is 6.84. The van der Waals surface area contributed by atoms with Gasteiger partial charge in [-0.3, -0.25) is 0 Å². The Kier molecular flexibility index (Phi) is 15.4. The van der Waals surface area contributed by atoms with Crippen LogP contribution in [-0.4, -0.2) is 50.7 Å². The summed E-state index contributed by atoms with van der Waals surface area (Å²) in [7, 11) is -1.06. The first-order valence-electron chi connectivity index (χ1n) is 7.75. The van der Waals surface area contributed by atoms with Crippen molar-refractivity contribution in [3.8, 4) is 0 Å². The predicted molar refractivity (Wildman–Crippen MR) is 103 cm³/mol. The molecule has 0 aliphatic carbocycles. The molecule has 20 heavy (non-hydrogen) atoms. The van der Waals surface area contributed by atoms with Gasteiger partial charge in [0.1, 0.15) is 21.0 Å². The first-order valence-corrected chi connectivity index (χ1v) is 15.6. The molecule has 0 radical (unpaired) electrons. The molecule has 0 fully saturated rings. The summed E-state index contributed by atoms with van der Waals surface area (Å²) in [5, 5.41) is 0. The molecule has 0 unspecified atom stereocenters. The van der Waals surface area contributed by atoms with E-state index in [2.05, 4.69) is 30.3 Å². The molecule has 0 saturated heterocycles. The van der Waals surface area contributed by atoms with Crippen LogP contribution in [0.4, 0.5) is 0 Å². The van der Waals surface area contributed by atoms with Crippen molar-refractivity contribution in [2.45, 2.75) is 64.0 Å². The van der Waals surface area contributed by atoms with E-state index in [9.17, 15) is 0 Å². The highest BCUT2D eigenvalue weighted by Gasteiger charge is 2.31. The van der Waals surface area contributed by atoms with Crippen molar-refractivity contribution >= 4 is 37.6 Å². The van der Waals surface area contributed by atoms with Gasteiger partial charge in [0.05, 0.1) is 0 Å². The third-order valence-electron chi connectivity index (χ3n) is 3.02. The van der Waals surface area contributed by atoms with Crippen LogP contribution >= 0.6 is 0 Å². The fourth-order valence-corrected chi connectivity index (χ4v) is 11.2. The van der Waals surface area contributed by atoms with Crippen LogP contribution in [0.3, 0.4) is 0 Å². The van der Waals surface area contributed by atoms with Gasteiger partial charge in [-0.2, -0.15) is 0 Å². The SMILES string of the molecule is C[Si](C)(CCCCN)O[Si](C)(C)CCCCN.[SiH3]O[SiH3]. The molecule has 0 rings (SSSR count). The molecule has 0 aliphatic heterocycles. The van der Waals surface area contributed by atoms with Gasteiger partial charge < -0.3 is 19.7 Å². The Balaban J connectivity index is 0. The Bertz CT molecular complexity index is 200. The second-order valence-electron chi connectivity index (χ2n) is 6.52. The number of hydrogen-bond acceptors (Lipinski definition) is 4. The molecule has 124 valence electrons. The van der Waals surface area contributed by atoms with Crippen molar-refractivity contribution in [3.63, 3.8) is 0 Å². The van der Waals surface area contributed by atoms with E-state index >= 15 is 0 Å². The molecule has 0 bridgehead atoms. The molecule has 0 aromatic rings. The lowest BCUT2D eigenvalue weighted by Crippen LogP contribution is -2.44. The summed E-state index contributed by atoms with van der Waals surface area (Å²) in [5.41, 5.74) is 11.1. The summed E-state index contributed by atoms with van der Waals surface area (Å²) >= 11 is 0. The van der Waals surface area contributed by atoms with Gasteiger partial charge in [0, 0.05) is 0 Å². The zero-order chi connectivity index (χ0) is 16.1. The number of nitrogens with two attached hydrogens (primary N) is 2. The van der Waals surface area contributed by atoms with Crippen LogP contribution < -0.4 is 11.5 Å². The van der Waals surface area contributed by atoms with Gasteiger partial charge >= 0.3 is 0 Å². The van der Waals surface area contributed by atoms with Gasteiger partial charge in [-0.1, -0.05) is 12.8 Å². The summed E-state index contributed by atoms with van der Waals surface area (Å²) in [6.45, 7) is 11.0. The van der Waals surface area contributed by atoms with Gasteiger partial charge in [0.25, 0.3) is 0 Å². The molecule has 0 saturated carbocycles. The maximum atomic E-state index is 6.51. The van der Waals surface area contributed by atoms with Crippen molar-refractivity contribution in [2.75, 3.05) is 13.1 Å². The zero-order valence-electron chi connectivity index (χ0n) is 14.6. The predicted octanol–water partition coefficient (Wildman–Crippen LogP) is 0.455. The quantitative estimate of drug-likeness (QED) is 0.441. The van der Waals surface area contributed by atoms with E-state index < -0.39 is 16.6 Å². The van der Waals surface area contributed by atoms with Crippen LogP contribution in [0.2, 0.25) is 38.3 Å². The smallest absolute Gasteiger partial charge is 0.173 e. The van der Waals surface area contributed by atoms with E-state index in [-0.39, 0.29) is 0 Å². The molecule has 0 spiro atoms. The van der Waals surface area contributed by atoms with E-state index in [1.54, 1.807) is 0 Å². The standard InChI is InChI=1S/C12H32N2OSi2.H6OSi2/c1-16(2,11-7-5-9-13)15-17(3,4)12-8-6-10-14;2-1-3/h5-14H2,1-4H3;2-3H3. The Hall–Kier alpha value is 0.708. The van der Waals surface area contributed by atoms with Crippen molar-refractivity contribution in [1.29, 1.82) is 0 Å². The van der Waals surface area contributed by atoms with Gasteiger partial charge in [0.2, 0.25) is 0 Å². The number of unbranched alkanes of at least 4 members (excludes halogenated alkanes) is 2. The third kappa shape index (κ3) is 16.8. The van der Waals surface area contributed by atoms with Crippen LogP contribution in [0.5, 0.6) is 0 Å². The van der Waals surface area contributed by atoms with Crippen LogP contribution in [-0.2, 0) is 8.23 Å². The van der Waals surface area contributed by atoms with E-state index in [4.69, 9.17) is 15.6 Å². The lowest BCUT2D eigenvalue weighted by molar-refractivity contribution is 0.527. The maximum Gasteiger partial charge on any atom is 0.173 e. The average Bonchev–Trinajstić information content (AvgIpc) is 2.28. The van der Waals surface area contributed by atoms with Crippen LogP contribution in [0.15, 0.2) is 0 Å². The largest absolute Gasteiger partial charge is 0.471 e. The summed E-state index contributed by atoms with van der Waals surface area (Å²) in [6.07, 6.45) is 4.72. The molecular formula is C12H38N2O2Si4.